The van der Waals surface area contributed by atoms with Gasteiger partial charge in [0, 0.05) is 4.88 Å². The summed E-state index contributed by atoms with van der Waals surface area (Å²) in [4.78, 5) is 0.956. The summed E-state index contributed by atoms with van der Waals surface area (Å²) < 4.78 is 0. The highest BCUT2D eigenvalue weighted by Gasteiger charge is 1.95. The molecule has 0 aliphatic heterocycles. The van der Waals surface area contributed by atoms with Gasteiger partial charge < -0.3 is 0 Å². The lowest BCUT2D eigenvalue weighted by molar-refractivity contribution is 1.50. The van der Waals surface area contributed by atoms with Crippen LogP contribution in [0.15, 0.2) is 18.0 Å². The predicted octanol–water partition coefficient (Wildman–Crippen LogP) is 2.26. The van der Waals surface area contributed by atoms with Crippen LogP contribution in [0.4, 0.5) is 0 Å². The Bertz CT molecular complexity index is 254. The first-order valence-corrected chi connectivity index (χ1v) is 3.36. The molecule has 0 unspecified atom stereocenters. The molecule has 0 saturated carbocycles. The molecule has 0 aliphatic carbocycles. The quantitative estimate of drug-likeness (QED) is 0.579. The molecule has 44 valence electrons. The number of hydrogen-bond acceptors (Lipinski definition) is 2. The third-order valence-corrected chi connectivity index (χ3v) is 1.91. The van der Waals surface area contributed by atoms with E-state index < -0.39 is 0 Å². The van der Waals surface area contributed by atoms with E-state index in [0.717, 1.165) is 10.4 Å². The number of nitriles is 1. The Hall–Kier alpha value is -1.07. The fourth-order valence-electron chi connectivity index (χ4n) is 0.571. The van der Waals surface area contributed by atoms with Gasteiger partial charge in [0.05, 0.1) is 5.56 Å². The van der Waals surface area contributed by atoms with Gasteiger partial charge in [-0.2, -0.15) is 5.26 Å². The largest absolute Gasteiger partial charge is 0.192 e. The fourth-order valence-corrected chi connectivity index (χ4v) is 1.26. The van der Waals surface area contributed by atoms with Gasteiger partial charge >= 0.3 is 0 Å². The zero-order valence-electron chi connectivity index (χ0n) is 4.79. The number of hydrogen-bond donors (Lipinski definition) is 0. The second kappa shape index (κ2) is 2.47. The van der Waals surface area contributed by atoms with Crippen molar-refractivity contribution >= 4 is 17.4 Å². The summed E-state index contributed by atoms with van der Waals surface area (Å²) >= 11 is 1.53. The Kier molecular flexibility index (Phi) is 1.66. The van der Waals surface area contributed by atoms with Gasteiger partial charge in [-0.05, 0) is 11.4 Å². The Morgan fingerprint density at radius 2 is 2.56 bits per heavy atom. The minimum atomic E-state index is 0.718. The van der Waals surface area contributed by atoms with Crippen LogP contribution in [0.1, 0.15) is 10.4 Å². The van der Waals surface area contributed by atoms with Gasteiger partial charge in [-0.3, -0.25) is 0 Å². The van der Waals surface area contributed by atoms with E-state index in [9.17, 15) is 0 Å². The van der Waals surface area contributed by atoms with Crippen molar-refractivity contribution in [3.63, 3.8) is 0 Å². The van der Waals surface area contributed by atoms with Crippen LogP contribution in [0.5, 0.6) is 0 Å². The molecule has 0 fully saturated rings. The molecule has 0 aliphatic rings. The molecule has 0 aromatic carbocycles. The number of rotatable bonds is 1. The van der Waals surface area contributed by atoms with Gasteiger partial charge in [0.15, 0.2) is 0 Å². The van der Waals surface area contributed by atoms with Gasteiger partial charge in [-0.1, -0.05) is 12.7 Å². The van der Waals surface area contributed by atoms with Crippen LogP contribution < -0.4 is 0 Å². The molecule has 0 amide bonds. The van der Waals surface area contributed by atoms with Crippen LogP contribution in [0.3, 0.4) is 0 Å². The molecule has 1 aromatic rings. The van der Waals surface area contributed by atoms with Crippen molar-refractivity contribution < 1.29 is 0 Å². The van der Waals surface area contributed by atoms with Gasteiger partial charge in [-0.15, -0.1) is 11.3 Å². The standard InChI is InChI=1S/C7H5NS/c1-2-7-6(5-8)3-4-9-7/h2-4H,1H2. The van der Waals surface area contributed by atoms with E-state index in [4.69, 9.17) is 5.26 Å². The van der Waals surface area contributed by atoms with E-state index in [1.807, 2.05) is 5.38 Å². The monoisotopic (exact) mass is 135 g/mol. The average Bonchev–Trinajstić information content (AvgIpc) is 2.33. The summed E-state index contributed by atoms with van der Waals surface area (Å²) in [5.41, 5.74) is 0.718. The van der Waals surface area contributed by atoms with Crippen LogP contribution in [-0.4, -0.2) is 0 Å². The molecule has 0 atom stereocenters. The molecule has 0 N–H and O–H groups in total. The van der Waals surface area contributed by atoms with Crippen molar-refractivity contribution in [1.29, 1.82) is 5.26 Å². The van der Waals surface area contributed by atoms with Gasteiger partial charge in [0.1, 0.15) is 6.07 Å². The van der Waals surface area contributed by atoms with Crippen LogP contribution in [0.25, 0.3) is 6.08 Å². The molecule has 2 heteroatoms. The first kappa shape index (κ1) is 6.06. The maximum atomic E-state index is 8.45. The molecule has 9 heavy (non-hydrogen) atoms. The smallest absolute Gasteiger partial charge is 0.101 e. The number of nitrogens with zero attached hydrogens (tertiary/aromatic N) is 1. The second-order valence-corrected chi connectivity index (χ2v) is 2.46. The third kappa shape index (κ3) is 1.01. The maximum absolute atomic E-state index is 8.45. The highest BCUT2D eigenvalue weighted by Crippen LogP contribution is 2.15. The fraction of sp³-hybridized carbons (Fsp3) is 0. The van der Waals surface area contributed by atoms with E-state index in [1.165, 1.54) is 11.3 Å². The highest BCUT2D eigenvalue weighted by atomic mass is 32.1. The van der Waals surface area contributed by atoms with Gasteiger partial charge in [-0.25, -0.2) is 0 Å². The van der Waals surface area contributed by atoms with E-state index in [0.29, 0.717) is 0 Å². The zero-order chi connectivity index (χ0) is 6.69. The van der Waals surface area contributed by atoms with E-state index in [1.54, 1.807) is 12.1 Å². The van der Waals surface area contributed by atoms with Crippen LogP contribution in [0, 0.1) is 11.3 Å². The van der Waals surface area contributed by atoms with Crippen molar-refractivity contribution in [3.05, 3.63) is 28.5 Å². The van der Waals surface area contributed by atoms with Crippen LogP contribution in [-0.2, 0) is 0 Å². The first-order chi connectivity index (χ1) is 4.38. The van der Waals surface area contributed by atoms with Crippen molar-refractivity contribution in [3.8, 4) is 6.07 Å². The maximum Gasteiger partial charge on any atom is 0.101 e. The molecule has 0 radical (unpaired) electrons. The Morgan fingerprint density at radius 3 is 3.00 bits per heavy atom. The molecule has 1 aromatic heterocycles. The van der Waals surface area contributed by atoms with Crippen molar-refractivity contribution in [2.24, 2.45) is 0 Å². The summed E-state index contributed by atoms with van der Waals surface area (Å²) in [5, 5.41) is 10.3. The molecule has 1 rings (SSSR count). The molecular formula is C7H5NS. The second-order valence-electron chi connectivity index (χ2n) is 1.51. The molecular weight excluding hydrogens is 130 g/mol. The van der Waals surface area contributed by atoms with Crippen molar-refractivity contribution in [1.82, 2.24) is 0 Å². The normalized spacial score (nSPS) is 8.33. The van der Waals surface area contributed by atoms with Crippen molar-refractivity contribution in [2.75, 3.05) is 0 Å². The third-order valence-electron chi connectivity index (χ3n) is 1.00. The number of thiophene rings is 1. The first-order valence-electron chi connectivity index (χ1n) is 2.48. The van der Waals surface area contributed by atoms with E-state index in [2.05, 4.69) is 12.6 Å². The summed E-state index contributed by atoms with van der Waals surface area (Å²) in [6, 6.07) is 3.86. The van der Waals surface area contributed by atoms with E-state index >= 15 is 0 Å². The topological polar surface area (TPSA) is 23.8 Å². The lowest BCUT2D eigenvalue weighted by atomic mass is 10.3. The average molecular weight is 135 g/mol. The Labute approximate surface area is 57.9 Å². The molecule has 1 heterocycles. The molecule has 0 saturated heterocycles. The van der Waals surface area contributed by atoms with E-state index in [-0.39, 0.29) is 0 Å². The summed E-state index contributed by atoms with van der Waals surface area (Å²) in [6.45, 7) is 3.57. The summed E-state index contributed by atoms with van der Waals surface area (Å²) in [5.74, 6) is 0. The van der Waals surface area contributed by atoms with Crippen molar-refractivity contribution in [2.45, 2.75) is 0 Å². The van der Waals surface area contributed by atoms with Gasteiger partial charge in [0.25, 0.3) is 0 Å². The Balaban J connectivity index is 3.17. The van der Waals surface area contributed by atoms with Crippen LogP contribution >= 0.6 is 11.3 Å². The minimum absolute atomic E-state index is 0.718. The summed E-state index contributed by atoms with van der Waals surface area (Å²) in [6.07, 6.45) is 1.70. The lowest BCUT2D eigenvalue weighted by Crippen LogP contribution is -1.66. The minimum Gasteiger partial charge on any atom is -0.192 e. The SMILES string of the molecule is C=Cc1sccc1C#N. The lowest BCUT2D eigenvalue weighted by Gasteiger charge is -1.80. The predicted molar refractivity (Wildman–Crippen MR) is 39.1 cm³/mol. The molecule has 0 bridgehead atoms. The van der Waals surface area contributed by atoms with Crippen LogP contribution in [0.2, 0.25) is 0 Å². The van der Waals surface area contributed by atoms with Gasteiger partial charge in [0.2, 0.25) is 0 Å². The molecule has 0 spiro atoms. The molecule has 1 nitrogen and oxygen atoms in total. The zero-order valence-corrected chi connectivity index (χ0v) is 5.61. The Morgan fingerprint density at radius 1 is 1.78 bits per heavy atom. The highest BCUT2D eigenvalue weighted by molar-refractivity contribution is 7.11. The summed E-state index contributed by atoms with van der Waals surface area (Å²) in [7, 11) is 0.